The zero-order valence-electron chi connectivity index (χ0n) is 8.39. The van der Waals surface area contributed by atoms with Gasteiger partial charge in [-0.3, -0.25) is 0 Å². The molecule has 0 bridgehead atoms. The van der Waals surface area contributed by atoms with Crippen molar-refractivity contribution in [2.75, 3.05) is 6.54 Å². The Labute approximate surface area is 89.5 Å². The van der Waals surface area contributed by atoms with Crippen molar-refractivity contribution in [2.24, 2.45) is 11.1 Å². The van der Waals surface area contributed by atoms with Crippen molar-refractivity contribution in [1.82, 2.24) is 4.98 Å². The zero-order chi connectivity index (χ0) is 10.2. The molecule has 0 aromatic carbocycles. The second-order valence-corrected chi connectivity index (χ2v) is 4.71. The fraction of sp³-hybridized carbons (Fsp3) is 0.545. The quantitative estimate of drug-likeness (QED) is 0.778. The Morgan fingerprint density at radius 1 is 1.50 bits per heavy atom. The van der Waals surface area contributed by atoms with E-state index >= 15 is 0 Å². The maximum Gasteiger partial charge on any atom is 0.129 e. The first-order valence-corrected chi connectivity index (χ1v) is 5.34. The summed E-state index contributed by atoms with van der Waals surface area (Å²) in [5, 5.41) is 0.591. The van der Waals surface area contributed by atoms with Crippen LogP contribution in [0.3, 0.4) is 0 Å². The number of halogens is 1. The summed E-state index contributed by atoms with van der Waals surface area (Å²) in [6.45, 7) is 2.75. The van der Waals surface area contributed by atoms with Crippen LogP contribution < -0.4 is 5.73 Å². The lowest BCUT2D eigenvalue weighted by molar-refractivity contribution is 0.520. The van der Waals surface area contributed by atoms with Crippen LogP contribution in [0.1, 0.15) is 24.1 Å². The molecule has 1 aromatic heterocycles. The third-order valence-corrected chi connectivity index (χ3v) is 3.14. The van der Waals surface area contributed by atoms with Gasteiger partial charge in [0.1, 0.15) is 5.15 Å². The van der Waals surface area contributed by atoms with Gasteiger partial charge in [-0.15, -0.1) is 0 Å². The molecule has 2 N–H and O–H groups in total. The molecule has 2 nitrogen and oxygen atoms in total. The van der Waals surface area contributed by atoms with Gasteiger partial charge in [0.2, 0.25) is 0 Å². The van der Waals surface area contributed by atoms with Gasteiger partial charge in [-0.2, -0.15) is 0 Å². The fourth-order valence-corrected chi connectivity index (χ4v) is 2.13. The van der Waals surface area contributed by atoms with Gasteiger partial charge in [0, 0.05) is 5.69 Å². The van der Waals surface area contributed by atoms with E-state index in [1.807, 2.05) is 13.0 Å². The van der Waals surface area contributed by atoms with E-state index in [4.69, 9.17) is 17.3 Å². The van der Waals surface area contributed by atoms with Gasteiger partial charge in [-0.05, 0) is 55.8 Å². The van der Waals surface area contributed by atoms with Gasteiger partial charge in [0.25, 0.3) is 0 Å². The molecular weight excluding hydrogens is 196 g/mol. The Morgan fingerprint density at radius 3 is 2.71 bits per heavy atom. The second kappa shape index (κ2) is 3.52. The van der Waals surface area contributed by atoms with Crippen LogP contribution >= 0.6 is 11.6 Å². The molecule has 1 heterocycles. The molecule has 0 radical (unpaired) electrons. The predicted molar refractivity (Wildman–Crippen MR) is 58.4 cm³/mol. The van der Waals surface area contributed by atoms with E-state index in [0.29, 0.717) is 10.6 Å². The van der Waals surface area contributed by atoms with Crippen molar-refractivity contribution in [3.05, 3.63) is 28.5 Å². The van der Waals surface area contributed by atoms with Crippen molar-refractivity contribution in [3.8, 4) is 0 Å². The molecular formula is C11H15ClN2. The van der Waals surface area contributed by atoms with Crippen LogP contribution in [0.5, 0.6) is 0 Å². The SMILES string of the molecule is Cc1cc(CC2(CN)CC2)cc(Cl)n1. The third-order valence-electron chi connectivity index (χ3n) is 2.95. The highest BCUT2D eigenvalue weighted by Gasteiger charge is 2.40. The molecule has 3 heteroatoms. The number of pyridine rings is 1. The molecule has 0 amide bonds. The van der Waals surface area contributed by atoms with Gasteiger partial charge in [-0.1, -0.05) is 11.6 Å². The summed E-state index contributed by atoms with van der Waals surface area (Å²) in [5.74, 6) is 0. The highest BCUT2D eigenvalue weighted by molar-refractivity contribution is 6.29. The molecule has 0 spiro atoms. The average molecular weight is 211 g/mol. The summed E-state index contributed by atoms with van der Waals surface area (Å²) in [4.78, 5) is 4.14. The topological polar surface area (TPSA) is 38.9 Å². The van der Waals surface area contributed by atoms with Crippen LogP contribution in [0.25, 0.3) is 0 Å². The largest absolute Gasteiger partial charge is 0.330 e. The summed E-state index contributed by atoms with van der Waals surface area (Å²) in [6.07, 6.45) is 3.55. The standard InChI is InChI=1S/C11H15ClN2/c1-8-4-9(5-10(12)14-8)6-11(7-13)2-3-11/h4-5H,2-3,6-7,13H2,1H3. The average Bonchev–Trinajstić information content (AvgIpc) is 2.83. The zero-order valence-corrected chi connectivity index (χ0v) is 9.14. The number of nitrogens with zero attached hydrogens (tertiary/aromatic N) is 1. The number of rotatable bonds is 3. The monoisotopic (exact) mass is 210 g/mol. The maximum atomic E-state index is 5.90. The molecule has 1 aromatic rings. The minimum absolute atomic E-state index is 0.372. The van der Waals surface area contributed by atoms with Gasteiger partial charge in [0.05, 0.1) is 0 Å². The van der Waals surface area contributed by atoms with Crippen LogP contribution in [-0.4, -0.2) is 11.5 Å². The summed E-state index contributed by atoms with van der Waals surface area (Å²) < 4.78 is 0. The van der Waals surface area contributed by atoms with E-state index in [2.05, 4.69) is 11.1 Å². The predicted octanol–water partition coefficient (Wildman–Crippen LogP) is 2.32. The van der Waals surface area contributed by atoms with Crippen molar-refractivity contribution in [1.29, 1.82) is 0 Å². The number of aryl methyl sites for hydroxylation is 1. The van der Waals surface area contributed by atoms with Crippen LogP contribution in [-0.2, 0) is 6.42 Å². The van der Waals surface area contributed by atoms with Gasteiger partial charge in [-0.25, -0.2) is 4.98 Å². The number of nitrogens with two attached hydrogens (primary N) is 1. The van der Waals surface area contributed by atoms with Gasteiger partial charge < -0.3 is 5.73 Å². The van der Waals surface area contributed by atoms with Gasteiger partial charge >= 0.3 is 0 Å². The van der Waals surface area contributed by atoms with Crippen LogP contribution in [0.4, 0.5) is 0 Å². The van der Waals surface area contributed by atoms with Crippen molar-refractivity contribution >= 4 is 11.6 Å². The van der Waals surface area contributed by atoms with E-state index in [1.54, 1.807) is 0 Å². The van der Waals surface area contributed by atoms with Crippen LogP contribution in [0.15, 0.2) is 12.1 Å². The van der Waals surface area contributed by atoms with E-state index in [1.165, 1.54) is 18.4 Å². The van der Waals surface area contributed by atoms with Gasteiger partial charge in [0.15, 0.2) is 0 Å². The van der Waals surface area contributed by atoms with Crippen LogP contribution in [0, 0.1) is 12.3 Å². The molecule has 1 aliphatic rings. The summed E-state index contributed by atoms with van der Waals surface area (Å²) >= 11 is 5.90. The Hall–Kier alpha value is -0.600. The molecule has 1 fully saturated rings. The molecule has 0 aliphatic heterocycles. The van der Waals surface area contributed by atoms with E-state index in [-0.39, 0.29) is 0 Å². The minimum atomic E-state index is 0.372. The molecule has 0 atom stereocenters. The lowest BCUT2D eigenvalue weighted by Gasteiger charge is -2.12. The van der Waals surface area contributed by atoms with E-state index in [9.17, 15) is 0 Å². The first-order valence-electron chi connectivity index (χ1n) is 4.97. The van der Waals surface area contributed by atoms with Crippen molar-refractivity contribution in [2.45, 2.75) is 26.2 Å². The van der Waals surface area contributed by atoms with Crippen LogP contribution in [0.2, 0.25) is 5.15 Å². The normalized spacial score (nSPS) is 18.2. The Morgan fingerprint density at radius 2 is 2.21 bits per heavy atom. The lowest BCUT2D eigenvalue weighted by Crippen LogP contribution is -2.18. The Kier molecular flexibility index (Phi) is 2.50. The molecule has 14 heavy (non-hydrogen) atoms. The highest BCUT2D eigenvalue weighted by Crippen LogP contribution is 2.47. The molecule has 0 unspecified atom stereocenters. The highest BCUT2D eigenvalue weighted by atomic mass is 35.5. The summed E-state index contributed by atoms with van der Waals surface area (Å²) in [5.41, 5.74) is 8.37. The Bertz CT molecular complexity index is 325. The number of aromatic nitrogens is 1. The smallest absolute Gasteiger partial charge is 0.129 e. The number of hydrogen-bond acceptors (Lipinski definition) is 2. The molecule has 1 saturated carbocycles. The summed E-state index contributed by atoms with van der Waals surface area (Å²) in [6, 6.07) is 4.05. The molecule has 2 rings (SSSR count). The maximum absolute atomic E-state index is 5.90. The second-order valence-electron chi connectivity index (χ2n) is 4.32. The van der Waals surface area contributed by atoms with E-state index in [0.717, 1.165) is 18.7 Å². The minimum Gasteiger partial charge on any atom is -0.330 e. The fourth-order valence-electron chi connectivity index (χ4n) is 1.86. The molecule has 0 saturated heterocycles. The van der Waals surface area contributed by atoms with E-state index < -0.39 is 0 Å². The molecule has 76 valence electrons. The summed E-state index contributed by atoms with van der Waals surface area (Å²) in [7, 11) is 0. The first-order chi connectivity index (χ1) is 6.63. The lowest BCUT2D eigenvalue weighted by atomic mass is 9.97. The third kappa shape index (κ3) is 2.07. The Balaban J connectivity index is 2.16. The molecule has 1 aliphatic carbocycles. The first kappa shape index (κ1) is 9.94. The number of hydrogen-bond donors (Lipinski definition) is 1. The van der Waals surface area contributed by atoms with Crippen molar-refractivity contribution in [3.63, 3.8) is 0 Å². The van der Waals surface area contributed by atoms with Crippen molar-refractivity contribution < 1.29 is 0 Å².